The first kappa shape index (κ1) is 28.5. The Labute approximate surface area is 259 Å². The number of nitrogens with zero attached hydrogens (tertiary/aromatic N) is 3. The van der Waals surface area contributed by atoms with Gasteiger partial charge in [0, 0.05) is 60.0 Å². The van der Waals surface area contributed by atoms with Gasteiger partial charge in [-0.25, -0.2) is 0 Å². The molecular formula is C37H42N4O3. The molecule has 0 bridgehead atoms. The van der Waals surface area contributed by atoms with Crippen LogP contribution in [-0.2, 0) is 13.0 Å². The van der Waals surface area contributed by atoms with Gasteiger partial charge in [-0.1, -0.05) is 31.4 Å². The average molecular weight is 591 g/mol. The first-order valence-electron chi connectivity index (χ1n) is 15.9. The van der Waals surface area contributed by atoms with Crippen LogP contribution >= 0.6 is 0 Å². The molecule has 44 heavy (non-hydrogen) atoms. The normalized spacial score (nSPS) is 16.3. The molecule has 0 unspecified atom stereocenters. The summed E-state index contributed by atoms with van der Waals surface area (Å²) in [7, 11) is 5.76. The van der Waals surface area contributed by atoms with Gasteiger partial charge in [0.15, 0.2) is 0 Å². The maximum Gasteiger partial charge on any atom is 0.252 e. The molecule has 7 nitrogen and oxygen atoms in total. The van der Waals surface area contributed by atoms with Gasteiger partial charge in [-0.15, -0.1) is 0 Å². The van der Waals surface area contributed by atoms with Crippen molar-refractivity contribution in [2.45, 2.75) is 70.4 Å². The summed E-state index contributed by atoms with van der Waals surface area (Å²) in [5.74, 6) is 2.06. The third kappa shape index (κ3) is 4.92. The molecule has 3 aromatic carbocycles. The summed E-state index contributed by atoms with van der Waals surface area (Å²) in [6.07, 6.45) is 6.92. The molecule has 3 aliphatic rings. The molecule has 4 aromatic rings. The average Bonchev–Trinajstić information content (AvgIpc) is 3.55. The number of rotatable bonds is 6. The third-order valence-corrected chi connectivity index (χ3v) is 9.74. The minimum Gasteiger partial charge on any atom is -0.497 e. The van der Waals surface area contributed by atoms with Crippen LogP contribution in [0.15, 0.2) is 59.6 Å². The van der Waals surface area contributed by atoms with Crippen molar-refractivity contribution >= 4 is 33.9 Å². The molecule has 0 spiro atoms. The minimum absolute atomic E-state index is 0.0886. The molecular weight excluding hydrogens is 548 g/mol. The number of aromatic nitrogens is 1. The van der Waals surface area contributed by atoms with E-state index >= 15 is 0 Å². The second kappa shape index (κ2) is 11.0. The number of anilines is 1. The molecule has 2 aliphatic heterocycles. The van der Waals surface area contributed by atoms with Gasteiger partial charge in [0.25, 0.3) is 5.91 Å². The first-order chi connectivity index (χ1) is 21.2. The largest absolute Gasteiger partial charge is 0.497 e. The van der Waals surface area contributed by atoms with Gasteiger partial charge in [0.2, 0.25) is 0 Å². The van der Waals surface area contributed by atoms with E-state index in [4.69, 9.17) is 14.5 Å². The molecule has 0 atom stereocenters. The third-order valence-electron chi connectivity index (χ3n) is 9.74. The van der Waals surface area contributed by atoms with E-state index in [0.717, 1.165) is 52.6 Å². The van der Waals surface area contributed by atoms with Gasteiger partial charge < -0.3 is 24.3 Å². The van der Waals surface area contributed by atoms with Crippen LogP contribution in [0.1, 0.15) is 73.4 Å². The Hall–Kier alpha value is -4.26. The Bertz CT molecular complexity index is 1790. The highest BCUT2D eigenvalue weighted by molar-refractivity contribution is 6.06. The summed E-state index contributed by atoms with van der Waals surface area (Å²) in [5.41, 5.74) is 9.17. The molecule has 1 aromatic heterocycles. The lowest BCUT2D eigenvalue weighted by atomic mass is 9.81. The summed E-state index contributed by atoms with van der Waals surface area (Å²) >= 11 is 0. The number of aliphatic imine (C=N–C) groups is 1. The van der Waals surface area contributed by atoms with Gasteiger partial charge in [-0.2, -0.15) is 0 Å². The van der Waals surface area contributed by atoms with E-state index in [-0.39, 0.29) is 5.91 Å². The Morgan fingerprint density at radius 1 is 1.05 bits per heavy atom. The molecule has 1 saturated carbocycles. The van der Waals surface area contributed by atoms with Crippen molar-refractivity contribution in [2.24, 2.45) is 4.99 Å². The number of methoxy groups -OCH3 is 1. The standard InChI is InChI=1S/C37H42N4O3/c1-37(2,33-20-24-11-13-26(40(3)4)21-30(24)38-33)39-36(42)25-12-15-28-31(19-25)41-17-18-44-32-22-27(43-5)14-16-29(32)35(41)34(28)23-9-7-6-8-10-23/h11-16,19,21-23H,6-10,17-18,20H2,1-5H3,(H,39,42). The van der Waals surface area contributed by atoms with Crippen LogP contribution < -0.4 is 19.7 Å². The van der Waals surface area contributed by atoms with Crippen molar-refractivity contribution < 1.29 is 14.3 Å². The molecule has 3 heterocycles. The van der Waals surface area contributed by atoms with Gasteiger partial charge in [0.05, 0.1) is 30.6 Å². The zero-order valence-corrected chi connectivity index (χ0v) is 26.5. The number of fused-ring (bicyclic) bond motifs is 6. The lowest BCUT2D eigenvalue weighted by molar-refractivity contribution is 0.0931. The summed E-state index contributed by atoms with van der Waals surface area (Å²) in [6.45, 7) is 5.37. The molecule has 0 saturated heterocycles. The molecule has 1 N–H and O–H groups in total. The number of hydrogen-bond acceptors (Lipinski definition) is 5. The fraction of sp³-hybridized carbons (Fsp3) is 0.405. The van der Waals surface area contributed by atoms with E-state index in [1.54, 1.807) is 7.11 Å². The van der Waals surface area contributed by atoms with E-state index in [1.807, 2.05) is 46.1 Å². The second-order valence-corrected chi connectivity index (χ2v) is 13.2. The van der Waals surface area contributed by atoms with Crippen LogP contribution in [0.4, 0.5) is 11.4 Å². The Balaban J connectivity index is 1.25. The van der Waals surface area contributed by atoms with Crippen molar-refractivity contribution in [3.8, 4) is 22.8 Å². The van der Waals surface area contributed by atoms with Crippen LogP contribution in [0.3, 0.4) is 0 Å². The number of nitrogens with one attached hydrogen (secondary N) is 1. The smallest absolute Gasteiger partial charge is 0.252 e. The quantitative estimate of drug-likeness (QED) is 0.250. The van der Waals surface area contributed by atoms with Crippen molar-refractivity contribution in [1.82, 2.24) is 9.88 Å². The Morgan fingerprint density at radius 2 is 1.86 bits per heavy atom. The molecule has 7 rings (SSSR count). The van der Waals surface area contributed by atoms with E-state index in [2.05, 4.69) is 51.2 Å². The highest BCUT2D eigenvalue weighted by atomic mass is 16.5. The number of hydrogen-bond donors (Lipinski definition) is 1. The summed E-state index contributed by atoms with van der Waals surface area (Å²) < 4.78 is 14.2. The fourth-order valence-electron chi connectivity index (χ4n) is 7.27. The highest BCUT2D eigenvalue weighted by Crippen LogP contribution is 2.48. The zero-order chi connectivity index (χ0) is 30.6. The topological polar surface area (TPSA) is 68.1 Å². The van der Waals surface area contributed by atoms with Crippen molar-refractivity contribution in [3.05, 3.63) is 71.3 Å². The van der Waals surface area contributed by atoms with Gasteiger partial charge >= 0.3 is 0 Å². The predicted octanol–water partition coefficient (Wildman–Crippen LogP) is 7.66. The summed E-state index contributed by atoms with van der Waals surface area (Å²) in [5, 5.41) is 4.56. The molecule has 7 heteroatoms. The lowest BCUT2D eigenvalue weighted by Crippen LogP contribution is -2.49. The maximum atomic E-state index is 13.9. The van der Waals surface area contributed by atoms with Gasteiger partial charge in [-0.3, -0.25) is 9.79 Å². The highest BCUT2D eigenvalue weighted by Gasteiger charge is 2.33. The van der Waals surface area contributed by atoms with Crippen LogP contribution in [-0.4, -0.2) is 49.5 Å². The van der Waals surface area contributed by atoms with Gasteiger partial charge in [-0.05, 0) is 80.1 Å². The summed E-state index contributed by atoms with van der Waals surface area (Å²) in [6, 6.07) is 18.8. The zero-order valence-electron chi connectivity index (χ0n) is 26.5. The lowest BCUT2D eigenvalue weighted by Gasteiger charge is -2.26. The second-order valence-electron chi connectivity index (χ2n) is 13.2. The van der Waals surface area contributed by atoms with E-state index in [0.29, 0.717) is 18.1 Å². The van der Waals surface area contributed by atoms with E-state index in [1.165, 1.54) is 54.3 Å². The fourth-order valence-corrected chi connectivity index (χ4v) is 7.27. The van der Waals surface area contributed by atoms with Gasteiger partial charge in [0.1, 0.15) is 18.1 Å². The van der Waals surface area contributed by atoms with Crippen molar-refractivity contribution in [1.29, 1.82) is 0 Å². The molecule has 1 amide bonds. The number of carbonyl (C=O) groups is 1. The minimum atomic E-state index is -0.599. The summed E-state index contributed by atoms with van der Waals surface area (Å²) in [4.78, 5) is 20.9. The molecule has 0 radical (unpaired) electrons. The van der Waals surface area contributed by atoms with E-state index < -0.39 is 5.54 Å². The number of ether oxygens (including phenoxy) is 2. The maximum absolute atomic E-state index is 13.9. The number of benzene rings is 3. The Morgan fingerprint density at radius 3 is 2.64 bits per heavy atom. The van der Waals surface area contributed by atoms with Crippen molar-refractivity contribution in [2.75, 3.05) is 32.7 Å². The van der Waals surface area contributed by atoms with Crippen LogP contribution in [0.25, 0.3) is 22.2 Å². The van der Waals surface area contributed by atoms with E-state index in [9.17, 15) is 4.79 Å². The Kier molecular flexibility index (Phi) is 7.14. The molecule has 1 fully saturated rings. The first-order valence-corrected chi connectivity index (χ1v) is 15.9. The number of amides is 1. The van der Waals surface area contributed by atoms with Crippen LogP contribution in [0.2, 0.25) is 0 Å². The SMILES string of the molecule is COc1ccc2c(c1)OCCn1c-2c(C2CCCCC2)c2ccc(C(=O)NC(C)(C)C3=Nc4cc(N(C)C)ccc4C3)cc21. The van der Waals surface area contributed by atoms with Crippen LogP contribution in [0, 0.1) is 0 Å². The predicted molar refractivity (Wildman–Crippen MR) is 178 cm³/mol. The van der Waals surface area contributed by atoms with Crippen molar-refractivity contribution in [3.63, 3.8) is 0 Å². The van der Waals surface area contributed by atoms with Crippen LogP contribution in [0.5, 0.6) is 11.5 Å². The molecule has 1 aliphatic carbocycles. The molecule has 228 valence electrons. The number of carbonyl (C=O) groups excluding carboxylic acids is 1. The monoisotopic (exact) mass is 590 g/mol.